The number of H-pyrrole nitrogens is 1. The molecule has 0 fully saturated rings. The first-order valence-corrected chi connectivity index (χ1v) is 3.59. The lowest BCUT2D eigenvalue weighted by Gasteiger charge is -2.08. The van der Waals surface area contributed by atoms with Crippen molar-refractivity contribution in [2.75, 3.05) is 5.73 Å². The van der Waals surface area contributed by atoms with Crippen LogP contribution in [-0.2, 0) is 0 Å². The Morgan fingerprint density at radius 2 is 2.45 bits per heavy atom. The highest BCUT2D eigenvalue weighted by atomic mass is 16.1. The van der Waals surface area contributed by atoms with Crippen molar-refractivity contribution in [3.8, 4) is 0 Å². The van der Waals surface area contributed by atoms with Crippen LogP contribution in [0.3, 0.4) is 0 Å². The second kappa shape index (κ2) is 2.77. The van der Waals surface area contributed by atoms with Crippen LogP contribution in [-0.4, -0.2) is 14.8 Å². The lowest BCUT2D eigenvalue weighted by molar-refractivity contribution is 0.522. The van der Waals surface area contributed by atoms with Crippen molar-refractivity contribution >= 4 is 5.95 Å². The molecular weight excluding hydrogens is 144 g/mol. The Morgan fingerprint density at radius 3 is 2.82 bits per heavy atom. The lowest BCUT2D eigenvalue weighted by Crippen LogP contribution is -2.21. The molecule has 5 heteroatoms. The van der Waals surface area contributed by atoms with Crippen LogP contribution >= 0.6 is 0 Å². The second-order valence-electron chi connectivity index (χ2n) is 2.51. The number of nitrogens with one attached hydrogen (secondary N) is 1. The third kappa shape index (κ3) is 1.26. The van der Waals surface area contributed by atoms with Gasteiger partial charge in [0.15, 0.2) is 0 Å². The molecule has 1 heterocycles. The first kappa shape index (κ1) is 7.84. The van der Waals surface area contributed by atoms with Crippen molar-refractivity contribution in [3.63, 3.8) is 0 Å². The van der Waals surface area contributed by atoms with Crippen LogP contribution in [0.25, 0.3) is 0 Å². The molecule has 1 atom stereocenters. The molecule has 0 aliphatic carbocycles. The van der Waals surface area contributed by atoms with E-state index in [0.717, 1.165) is 6.42 Å². The van der Waals surface area contributed by atoms with E-state index in [1.165, 1.54) is 4.57 Å². The van der Waals surface area contributed by atoms with Crippen LogP contribution in [0.1, 0.15) is 26.3 Å². The maximum absolute atomic E-state index is 11.0. The summed E-state index contributed by atoms with van der Waals surface area (Å²) in [5.74, 6) is 0.254. The average Bonchev–Trinajstić information content (AvgIpc) is 2.30. The van der Waals surface area contributed by atoms with Gasteiger partial charge in [0.05, 0.1) is 0 Å². The summed E-state index contributed by atoms with van der Waals surface area (Å²) in [6.45, 7) is 3.91. The lowest BCUT2D eigenvalue weighted by atomic mass is 10.3. The molecule has 0 spiro atoms. The van der Waals surface area contributed by atoms with Crippen molar-refractivity contribution in [1.82, 2.24) is 14.8 Å². The molecule has 0 saturated carbocycles. The van der Waals surface area contributed by atoms with Crippen molar-refractivity contribution in [2.45, 2.75) is 26.3 Å². The van der Waals surface area contributed by atoms with Crippen molar-refractivity contribution in [3.05, 3.63) is 10.5 Å². The molecule has 62 valence electrons. The molecule has 0 aliphatic rings. The molecule has 1 aromatic rings. The van der Waals surface area contributed by atoms with E-state index in [2.05, 4.69) is 10.2 Å². The molecule has 1 rings (SSSR count). The summed E-state index contributed by atoms with van der Waals surface area (Å²) in [6, 6.07) is 0.112. The van der Waals surface area contributed by atoms with Gasteiger partial charge in [-0.25, -0.2) is 9.89 Å². The molecular formula is C6H12N4O. The van der Waals surface area contributed by atoms with E-state index in [9.17, 15) is 4.79 Å². The molecule has 0 aliphatic heterocycles. The number of anilines is 1. The van der Waals surface area contributed by atoms with E-state index in [4.69, 9.17) is 5.73 Å². The van der Waals surface area contributed by atoms with Crippen LogP contribution in [0, 0.1) is 0 Å². The standard InChI is InChI=1S/C6H12N4O/c1-3-4(2)10-5(7)8-9-6(10)11/h4H,3H2,1-2H3,(H2,7,8)(H,9,11). The number of aromatic nitrogens is 3. The number of nitrogens with zero attached hydrogens (tertiary/aromatic N) is 2. The summed E-state index contributed by atoms with van der Waals surface area (Å²) in [5.41, 5.74) is 5.20. The third-order valence-corrected chi connectivity index (χ3v) is 1.76. The van der Waals surface area contributed by atoms with Gasteiger partial charge in [-0.2, -0.15) is 0 Å². The first-order chi connectivity index (χ1) is 5.16. The fraction of sp³-hybridized carbons (Fsp3) is 0.667. The number of rotatable bonds is 2. The monoisotopic (exact) mass is 156 g/mol. The number of hydrogen-bond acceptors (Lipinski definition) is 3. The van der Waals surface area contributed by atoms with Crippen molar-refractivity contribution < 1.29 is 0 Å². The smallest absolute Gasteiger partial charge is 0.344 e. The van der Waals surface area contributed by atoms with Crippen LogP contribution in [0.15, 0.2) is 4.79 Å². The van der Waals surface area contributed by atoms with Gasteiger partial charge >= 0.3 is 5.69 Å². The predicted octanol–water partition coefficient (Wildman–Crippen LogP) is 0.125. The average molecular weight is 156 g/mol. The van der Waals surface area contributed by atoms with E-state index in [1.807, 2.05) is 13.8 Å². The highest BCUT2D eigenvalue weighted by Crippen LogP contribution is 2.08. The van der Waals surface area contributed by atoms with Gasteiger partial charge in [0.1, 0.15) is 0 Å². The van der Waals surface area contributed by atoms with Crippen LogP contribution in [0.2, 0.25) is 0 Å². The summed E-state index contributed by atoms with van der Waals surface area (Å²) in [6.07, 6.45) is 0.865. The minimum atomic E-state index is -0.239. The minimum absolute atomic E-state index is 0.112. The second-order valence-corrected chi connectivity index (χ2v) is 2.51. The Hall–Kier alpha value is -1.26. The number of nitrogen functional groups attached to an aromatic ring is 1. The fourth-order valence-corrected chi connectivity index (χ4v) is 0.925. The quantitative estimate of drug-likeness (QED) is 0.638. The van der Waals surface area contributed by atoms with E-state index in [-0.39, 0.29) is 17.7 Å². The molecule has 0 amide bonds. The highest BCUT2D eigenvalue weighted by molar-refractivity contribution is 5.14. The largest absolute Gasteiger partial charge is 0.368 e. The molecule has 3 N–H and O–H groups in total. The van der Waals surface area contributed by atoms with Gasteiger partial charge in [-0.1, -0.05) is 6.92 Å². The van der Waals surface area contributed by atoms with Crippen molar-refractivity contribution in [2.24, 2.45) is 0 Å². The Kier molecular flexibility index (Phi) is 1.98. The first-order valence-electron chi connectivity index (χ1n) is 3.59. The number of hydrogen-bond donors (Lipinski definition) is 2. The number of aromatic amines is 1. The zero-order chi connectivity index (χ0) is 8.43. The summed E-state index contributed by atoms with van der Waals surface area (Å²) in [5, 5.41) is 5.87. The van der Waals surface area contributed by atoms with Gasteiger partial charge in [-0.15, -0.1) is 5.10 Å². The molecule has 11 heavy (non-hydrogen) atoms. The maximum atomic E-state index is 11.0. The topological polar surface area (TPSA) is 76.7 Å². The fourth-order valence-electron chi connectivity index (χ4n) is 0.925. The van der Waals surface area contributed by atoms with Gasteiger partial charge in [0, 0.05) is 6.04 Å². The minimum Gasteiger partial charge on any atom is -0.368 e. The molecule has 5 nitrogen and oxygen atoms in total. The Bertz CT molecular complexity index is 287. The zero-order valence-electron chi connectivity index (χ0n) is 6.66. The van der Waals surface area contributed by atoms with Crippen LogP contribution < -0.4 is 11.4 Å². The predicted molar refractivity (Wildman–Crippen MR) is 42.3 cm³/mol. The SMILES string of the molecule is CCC(C)n1c(N)n[nH]c1=O. The van der Waals surface area contributed by atoms with Crippen molar-refractivity contribution in [1.29, 1.82) is 0 Å². The molecule has 1 aromatic heterocycles. The van der Waals surface area contributed by atoms with E-state index in [0.29, 0.717) is 0 Å². The Morgan fingerprint density at radius 1 is 1.82 bits per heavy atom. The van der Waals surface area contributed by atoms with E-state index >= 15 is 0 Å². The van der Waals surface area contributed by atoms with E-state index < -0.39 is 0 Å². The zero-order valence-corrected chi connectivity index (χ0v) is 6.66. The highest BCUT2D eigenvalue weighted by Gasteiger charge is 2.09. The van der Waals surface area contributed by atoms with Gasteiger partial charge in [0.2, 0.25) is 5.95 Å². The summed E-state index contributed by atoms with van der Waals surface area (Å²) < 4.78 is 1.44. The van der Waals surface area contributed by atoms with Crippen LogP contribution in [0.4, 0.5) is 5.95 Å². The number of nitrogens with two attached hydrogens (primary N) is 1. The molecule has 0 aromatic carbocycles. The Labute approximate surface area is 64.2 Å². The van der Waals surface area contributed by atoms with Gasteiger partial charge in [0.25, 0.3) is 0 Å². The van der Waals surface area contributed by atoms with Gasteiger partial charge in [-0.05, 0) is 13.3 Å². The molecule has 0 saturated heterocycles. The molecule has 1 unspecified atom stereocenters. The van der Waals surface area contributed by atoms with Gasteiger partial charge < -0.3 is 5.73 Å². The third-order valence-electron chi connectivity index (χ3n) is 1.76. The molecule has 0 bridgehead atoms. The molecule has 0 radical (unpaired) electrons. The van der Waals surface area contributed by atoms with Crippen LogP contribution in [0.5, 0.6) is 0 Å². The summed E-state index contributed by atoms with van der Waals surface area (Å²) >= 11 is 0. The summed E-state index contributed by atoms with van der Waals surface area (Å²) in [7, 11) is 0. The Balaban J connectivity index is 3.10. The maximum Gasteiger partial charge on any atom is 0.344 e. The van der Waals surface area contributed by atoms with Gasteiger partial charge in [-0.3, -0.25) is 4.57 Å². The summed E-state index contributed by atoms with van der Waals surface area (Å²) in [4.78, 5) is 11.0. The van der Waals surface area contributed by atoms with E-state index in [1.54, 1.807) is 0 Å². The normalized spacial score (nSPS) is 13.3.